The molecular formula is C9H8ClFO4S. The first kappa shape index (κ1) is 12.9. The molecule has 0 heterocycles. The first-order valence-corrected chi connectivity index (χ1v) is 6.41. The summed E-state index contributed by atoms with van der Waals surface area (Å²) in [5, 5.41) is 0. The molecule has 4 nitrogen and oxygen atoms in total. The van der Waals surface area contributed by atoms with Gasteiger partial charge in [-0.1, -0.05) is 0 Å². The molecule has 0 aliphatic heterocycles. The van der Waals surface area contributed by atoms with E-state index in [2.05, 4.69) is 4.74 Å². The lowest BCUT2D eigenvalue weighted by Gasteiger charge is -2.05. The molecule has 0 N–H and O–H groups in total. The Hall–Kier alpha value is -1.14. The van der Waals surface area contributed by atoms with Crippen molar-refractivity contribution in [3.05, 3.63) is 29.1 Å². The first-order chi connectivity index (χ1) is 7.27. The minimum Gasteiger partial charge on any atom is -0.465 e. The van der Waals surface area contributed by atoms with Crippen molar-refractivity contribution in [1.29, 1.82) is 0 Å². The highest BCUT2D eigenvalue weighted by Gasteiger charge is 2.21. The van der Waals surface area contributed by atoms with Gasteiger partial charge in [-0.25, -0.2) is 17.6 Å². The number of halogens is 2. The number of esters is 1. The van der Waals surface area contributed by atoms with E-state index in [4.69, 9.17) is 10.7 Å². The van der Waals surface area contributed by atoms with Crippen LogP contribution in [0, 0.1) is 12.7 Å². The van der Waals surface area contributed by atoms with E-state index in [1.165, 1.54) is 13.0 Å². The van der Waals surface area contributed by atoms with Crippen molar-refractivity contribution in [2.75, 3.05) is 7.11 Å². The Bertz CT molecular complexity index is 539. The van der Waals surface area contributed by atoms with E-state index in [1.807, 2.05) is 0 Å². The van der Waals surface area contributed by atoms with Crippen LogP contribution < -0.4 is 0 Å². The summed E-state index contributed by atoms with van der Waals surface area (Å²) in [5.74, 6) is -1.73. The Balaban J connectivity index is 3.52. The third-order valence-corrected chi connectivity index (χ3v) is 3.23. The fourth-order valence-corrected chi connectivity index (χ4v) is 2.13. The lowest BCUT2D eigenvalue weighted by atomic mass is 10.1. The van der Waals surface area contributed by atoms with Gasteiger partial charge in [-0.05, 0) is 24.6 Å². The molecule has 0 aliphatic rings. The van der Waals surface area contributed by atoms with Crippen molar-refractivity contribution in [3.63, 3.8) is 0 Å². The lowest BCUT2D eigenvalue weighted by molar-refractivity contribution is 0.0600. The molecule has 0 aliphatic carbocycles. The molecule has 0 amide bonds. The van der Waals surface area contributed by atoms with Crippen LogP contribution in [-0.2, 0) is 13.8 Å². The molecule has 0 fully saturated rings. The normalized spacial score (nSPS) is 11.2. The number of aryl methyl sites for hydroxylation is 1. The maximum Gasteiger partial charge on any atom is 0.337 e. The fourth-order valence-electron chi connectivity index (χ4n) is 1.15. The fraction of sp³-hybridized carbons (Fsp3) is 0.222. The molecule has 0 atom stereocenters. The van der Waals surface area contributed by atoms with Gasteiger partial charge in [0.15, 0.2) is 0 Å². The summed E-state index contributed by atoms with van der Waals surface area (Å²) in [5.41, 5.74) is -0.0669. The second-order valence-corrected chi connectivity index (χ2v) is 5.57. The summed E-state index contributed by atoms with van der Waals surface area (Å²) in [6.07, 6.45) is 0. The zero-order chi connectivity index (χ0) is 12.5. The van der Waals surface area contributed by atoms with E-state index in [1.54, 1.807) is 0 Å². The number of carbonyl (C=O) groups excluding carboxylic acids is 1. The Morgan fingerprint density at radius 2 is 2.00 bits per heavy atom. The highest BCUT2D eigenvalue weighted by molar-refractivity contribution is 8.13. The largest absolute Gasteiger partial charge is 0.465 e. The van der Waals surface area contributed by atoms with Crippen LogP contribution in [0.25, 0.3) is 0 Å². The molecule has 0 aromatic heterocycles. The number of rotatable bonds is 2. The number of methoxy groups -OCH3 is 1. The van der Waals surface area contributed by atoms with Crippen LogP contribution in [0.4, 0.5) is 4.39 Å². The van der Waals surface area contributed by atoms with Gasteiger partial charge in [0.25, 0.3) is 9.05 Å². The Morgan fingerprint density at radius 1 is 1.44 bits per heavy atom. The van der Waals surface area contributed by atoms with E-state index in [9.17, 15) is 17.6 Å². The number of carbonyl (C=O) groups is 1. The van der Waals surface area contributed by atoms with Crippen molar-refractivity contribution in [3.8, 4) is 0 Å². The first-order valence-electron chi connectivity index (χ1n) is 4.10. The number of hydrogen-bond donors (Lipinski definition) is 0. The van der Waals surface area contributed by atoms with Crippen LogP contribution in [-0.4, -0.2) is 21.5 Å². The number of ether oxygens (including phenoxy) is 1. The lowest BCUT2D eigenvalue weighted by Crippen LogP contribution is -2.06. The second kappa shape index (κ2) is 4.39. The van der Waals surface area contributed by atoms with Crippen molar-refractivity contribution >= 4 is 25.7 Å². The summed E-state index contributed by atoms with van der Waals surface area (Å²) in [4.78, 5) is 10.4. The van der Waals surface area contributed by atoms with Gasteiger partial charge in [0.2, 0.25) is 0 Å². The van der Waals surface area contributed by atoms with Gasteiger partial charge in [-0.15, -0.1) is 0 Å². The highest BCUT2D eigenvalue weighted by Crippen LogP contribution is 2.23. The number of hydrogen-bond acceptors (Lipinski definition) is 4. The van der Waals surface area contributed by atoms with Gasteiger partial charge >= 0.3 is 5.97 Å². The van der Waals surface area contributed by atoms with Crippen LogP contribution in [0.3, 0.4) is 0 Å². The summed E-state index contributed by atoms with van der Waals surface area (Å²) >= 11 is 0. The van der Waals surface area contributed by atoms with Crippen LogP contribution >= 0.6 is 10.7 Å². The molecule has 0 bridgehead atoms. The predicted molar refractivity (Wildman–Crippen MR) is 55.5 cm³/mol. The second-order valence-electron chi connectivity index (χ2n) is 3.03. The standard InChI is InChI=1S/C9H8ClFO4S/c1-5-3-6(9(12)15-2)4-7(8(5)11)16(10,13)14/h3-4H,1-2H3. The molecule has 0 radical (unpaired) electrons. The Morgan fingerprint density at radius 3 is 2.44 bits per heavy atom. The molecule has 0 saturated carbocycles. The summed E-state index contributed by atoms with van der Waals surface area (Å²) in [7, 11) is 1.94. The molecule has 0 unspecified atom stereocenters. The van der Waals surface area contributed by atoms with Gasteiger partial charge in [-0.2, -0.15) is 0 Å². The molecule has 7 heteroatoms. The molecule has 1 aromatic carbocycles. The smallest absolute Gasteiger partial charge is 0.337 e. The molecule has 1 aromatic rings. The quantitative estimate of drug-likeness (QED) is 0.605. The van der Waals surface area contributed by atoms with Gasteiger partial charge in [0, 0.05) is 10.7 Å². The van der Waals surface area contributed by atoms with Crippen molar-refractivity contribution in [2.24, 2.45) is 0 Å². The SMILES string of the molecule is COC(=O)c1cc(C)c(F)c(S(=O)(=O)Cl)c1. The van der Waals surface area contributed by atoms with Gasteiger partial charge in [0.1, 0.15) is 10.7 Å². The van der Waals surface area contributed by atoms with Gasteiger partial charge in [0.05, 0.1) is 12.7 Å². The molecule has 1 rings (SSSR count). The van der Waals surface area contributed by atoms with E-state index in [0.29, 0.717) is 0 Å². The van der Waals surface area contributed by atoms with E-state index in [0.717, 1.165) is 13.2 Å². The van der Waals surface area contributed by atoms with Gasteiger partial charge in [-0.3, -0.25) is 0 Å². The van der Waals surface area contributed by atoms with E-state index >= 15 is 0 Å². The van der Waals surface area contributed by atoms with Crippen molar-refractivity contribution in [1.82, 2.24) is 0 Å². The van der Waals surface area contributed by atoms with Gasteiger partial charge < -0.3 is 4.74 Å². The summed E-state index contributed by atoms with van der Waals surface area (Å²) in [6, 6.07) is 2.03. The topological polar surface area (TPSA) is 60.4 Å². The highest BCUT2D eigenvalue weighted by atomic mass is 35.7. The Labute approximate surface area is 96.4 Å². The average Bonchev–Trinajstić information content (AvgIpc) is 2.18. The number of benzene rings is 1. The van der Waals surface area contributed by atoms with Crippen LogP contribution in [0.2, 0.25) is 0 Å². The molecule has 0 saturated heterocycles. The van der Waals surface area contributed by atoms with Crippen LogP contribution in [0.1, 0.15) is 15.9 Å². The summed E-state index contributed by atoms with van der Waals surface area (Å²) < 4.78 is 39.9. The van der Waals surface area contributed by atoms with Crippen LogP contribution in [0.15, 0.2) is 17.0 Å². The minimum atomic E-state index is -4.23. The third kappa shape index (κ3) is 2.51. The zero-order valence-electron chi connectivity index (χ0n) is 8.45. The maximum atomic E-state index is 13.4. The predicted octanol–water partition coefficient (Wildman–Crippen LogP) is 1.85. The molecule has 88 valence electrons. The molecular weight excluding hydrogens is 259 g/mol. The Kier molecular flexibility index (Phi) is 3.54. The summed E-state index contributed by atoms with van der Waals surface area (Å²) in [6.45, 7) is 1.33. The minimum absolute atomic E-state index is 0.00197. The van der Waals surface area contributed by atoms with Crippen molar-refractivity contribution in [2.45, 2.75) is 11.8 Å². The zero-order valence-corrected chi connectivity index (χ0v) is 10.0. The monoisotopic (exact) mass is 266 g/mol. The maximum absolute atomic E-state index is 13.4. The van der Waals surface area contributed by atoms with E-state index < -0.39 is 25.7 Å². The average molecular weight is 267 g/mol. The third-order valence-electron chi connectivity index (χ3n) is 1.90. The van der Waals surface area contributed by atoms with Crippen molar-refractivity contribution < 1.29 is 22.3 Å². The van der Waals surface area contributed by atoms with Crippen LogP contribution in [0.5, 0.6) is 0 Å². The molecule has 16 heavy (non-hydrogen) atoms. The molecule has 0 spiro atoms. The van der Waals surface area contributed by atoms with E-state index in [-0.39, 0.29) is 11.1 Å².